The standard InChI is InChI=1S/C17H18F4N6S/c18-10-2-1-3-11(19)14(10)16-27(7-13(22)28-16)12-6-24-25-15(12)26-5-4-23-8-17(20,21)9-26/h1-3,6-7,16,23H,4-5,8-9,22H2,(H,24,25). The molecule has 2 aromatic rings. The number of H-pyrrole nitrogens is 1. The number of alkyl halides is 2. The first kappa shape index (κ1) is 18.9. The molecule has 1 saturated heterocycles. The van der Waals surface area contributed by atoms with Crippen LogP contribution in [0.3, 0.4) is 0 Å². The van der Waals surface area contributed by atoms with E-state index in [0.29, 0.717) is 29.6 Å². The largest absolute Gasteiger partial charge is 0.392 e. The van der Waals surface area contributed by atoms with Crippen LogP contribution in [0, 0.1) is 11.6 Å². The summed E-state index contributed by atoms with van der Waals surface area (Å²) < 4.78 is 56.8. The van der Waals surface area contributed by atoms with Gasteiger partial charge in [-0.1, -0.05) is 17.8 Å². The maximum absolute atomic E-state index is 14.4. The highest BCUT2D eigenvalue weighted by Crippen LogP contribution is 2.47. The van der Waals surface area contributed by atoms with Gasteiger partial charge in [-0.05, 0) is 12.1 Å². The van der Waals surface area contributed by atoms with Gasteiger partial charge < -0.3 is 20.9 Å². The first-order valence-electron chi connectivity index (χ1n) is 8.59. The average molecular weight is 414 g/mol. The molecule has 1 unspecified atom stereocenters. The summed E-state index contributed by atoms with van der Waals surface area (Å²) in [6.07, 6.45) is 2.97. The van der Waals surface area contributed by atoms with Gasteiger partial charge in [0.25, 0.3) is 5.92 Å². The van der Waals surface area contributed by atoms with Crippen LogP contribution in [-0.2, 0) is 0 Å². The Kier molecular flexibility index (Phi) is 4.88. The Labute approximate surface area is 162 Å². The Hall–Kier alpha value is -2.40. The highest BCUT2D eigenvalue weighted by atomic mass is 32.2. The van der Waals surface area contributed by atoms with Gasteiger partial charge in [0.1, 0.15) is 28.5 Å². The number of nitrogens with two attached hydrogens (primary N) is 1. The summed E-state index contributed by atoms with van der Waals surface area (Å²) in [5, 5.41) is 8.95. The van der Waals surface area contributed by atoms with Crippen LogP contribution in [0.1, 0.15) is 10.9 Å². The molecule has 2 aliphatic heterocycles. The second-order valence-electron chi connectivity index (χ2n) is 6.60. The Bertz CT molecular complexity index is 881. The van der Waals surface area contributed by atoms with Crippen LogP contribution in [0.2, 0.25) is 0 Å². The van der Waals surface area contributed by atoms with E-state index in [2.05, 4.69) is 15.5 Å². The number of anilines is 2. The van der Waals surface area contributed by atoms with E-state index in [-0.39, 0.29) is 5.56 Å². The van der Waals surface area contributed by atoms with Crippen LogP contribution in [0.25, 0.3) is 0 Å². The molecule has 4 N–H and O–H groups in total. The van der Waals surface area contributed by atoms with Crippen LogP contribution in [0.15, 0.2) is 35.6 Å². The van der Waals surface area contributed by atoms with Gasteiger partial charge in [0.05, 0.1) is 29.9 Å². The minimum atomic E-state index is -2.93. The van der Waals surface area contributed by atoms with Crippen molar-refractivity contribution in [3.63, 3.8) is 0 Å². The summed E-state index contributed by atoms with van der Waals surface area (Å²) in [6, 6.07) is 3.62. The molecule has 6 nitrogen and oxygen atoms in total. The zero-order valence-electron chi connectivity index (χ0n) is 14.6. The molecule has 0 bridgehead atoms. The van der Waals surface area contributed by atoms with Gasteiger partial charge in [-0.15, -0.1) is 0 Å². The quantitative estimate of drug-likeness (QED) is 0.671. The van der Waals surface area contributed by atoms with Crippen molar-refractivity contribution in [3.05, 3.63) is 52.8 Å². The molecular weight excluding hydrogens is 396 g/mol. The molecule has 2 aliphatic rings. The number of nitrogens with one attached hydrogen (secondary N) is 2. The number of hydrogen-bond acceptors (Lipinski definition) is 6. The molecule has 0 aliphatic carbocycles. The number of thioether (sulfide) groups is 1. The number of aromatic amines is 1. The summed E-state index contributed by atoms with van der Waals surface area (Å²) >= 11 is 1.08. The number of benzene rings is 1. The number of hydrogen-bond donors (Lipinski definition) is 3. The summed E-state index contributed by atoms with van der Waals surface area (Å²) in [5.74, 6) is -4.00. The Balaban J connectivity index is 1.72. The maximum Gasteiger partial charge on any atom is 0.277 e. The third kappa shape index (κ3) is 3.51. The highest BCUT2D eigenvalue weighted by molar-refractivity contribution is 8.03. The summed E-state index contributed by atoms with van der Waals surface area (Å²) in [7, 11) is 0. The molecular formula is C17H18F4N6S. The molecule has 1 fully saturated rings. The van der Waals surface area contributed by atoms with Crippen LogP contribution in [0.4, 0.5) is 29.1 Å². The fraction of sp³-hybridized carbons (Fsp3) is 0.353. The second-order valence-corrected chi connectivity index (χ2v) is 7.76. The van der Waals surface area contributed by atoms with E-state index in [4.69, 9.17) is 5.73 Å². The van der Waals surface area contributed by atoms with E-state index in [9.17, 15) is 17.6 Å². The van der Waals surface area contributed by atoms with Crippen LogP contribution < -0.4 is 20.9 Å². The predicted octanol–water partition coefficient (Wildman–Crippen LogP) is 2.74. The Morgan fingerprint density at radius 3 is 2.75 bits per heavy atom. The van der Waals surface area contributed by atoms with Crippen molar-refractivity contribution in [2.45, 2.75) is 11.3 Å². The lowest BCUT2D eigenvalue weighted by Gasteiger charge is -2.29. The van der Waals surface area contributed by atoms with Crippen LogP contribution in [0.5, 0.6) is 0 Å². The van der Waals surface area contributed by atoms with Crippen molar-refractivity contribution in [2.75, 3.05) is 36.0 Å². The minimum Gasteiger partial charge on any atom is -0.392 e. The number of nitrogens with zero attached hydrogens (tertiary/aromatic N) is 3. The van der Waals surface area contributed by atoms with E-state index >= 15 is 0 Å². The molecule has 0 radical (unpaired) electrons. The second kappa shape index (κ2) is 7.21. The molecule has 0 spiro atoms. The lowest BCUT2D eigenvalue weighted by atomic mass is 10.1. The van der Waals surface area contributed by atoms with Gasteiger partial charge >= 0.3 is 0 Å². The summed E-state index contributed by atoms with van der Waals surface area (Å²) in [4.78, 5) is 3.03. The third-order valence-electron chi connectivity index (χ3n) is 4.57. The predicted molar refractivity (Wildman–Crippen MR) is 100 cm³/mol. The molecule has 11 heteroatoms. The van der Waals surface area contributed by atoms with Gasteiger partial charge in [-0.25, -0.2) is 17.6 Å². The SMILES string of the molecule is NC1=CN(c2cn[nH]c2N2CCNCC(F)(F)C2)C(c2c(F)cccc2F)S1. The lowest BCUT2D eigenvalue weighted by molar-refractivity contribution is 0.0156. The average Bonchev–Trinajstić information content (AvgIpc) is 3.19. The molecule has 4 rings (SSSR count). The van der Waals surface area contributed by atoms with Crippen molar-refractivity contribution >= 4 is 23.3 Å². The fourth-order valence-corrected chi connectivity index (χ4v) is 4.41. The van der Waals surface area contributed by atoms with Gasteiger partial charge in [0, 0.05) is 19.3 Å². The number of halogens is 4. The molecule has 3 heterocycles. The van der Waals surface area contributed by atoms with Crippen molar-refractivity contribution in [1.82, 2.24) is 15.5 Å². The van der Waals surface area contributed by atoms with E-state index in [1.165, 1.54) is 35.5 Å². The van der Waals surface area contributed by atoms with Crippen molar-refractivity contribution in [2.24, 2.45) is 5.73 Å². The number of aromatic nitrogens is 2. The van der Waals surface area contributed by atoms with Gasteiger partial charge in [0.15, 0.2) is 0 Å². The van der Waals surface area contributed by atoms with E-state index < -0.39 is 36.0 Å². The molecule has 0 saturated carbocycles. The normalized spacial score (nSPS) is 22.3. The zero-order chi connectivity index (χ0) is 19.9. The van der Waals surface area contributed by atoms with E-state index in [1.54, 1.807) is 4.90 Å². The van der Waals surface area contributed by atoms with Crippen molar-refractivity contribution < 1.29 is 17.6 Å². The molecule has 28 heavy (non-hydrogen) atoms. The van der Waals surface area contributed by atoms with Crippen LogP contribution >= 0.6 is 11.8 Å². The topological polar surface area (TPSA) is 73.2 Å². The maximum atomic E-state index is 14.4. The van der Waals surface area contributed by atoms with E-state index in [1.807, 2.05) is 0 Å². The Morgan fingerprint density at radius 2 is 2.00 bits per heavy atom. The molecule has 1 atom stereocenters. The number of rotatable bonds is 3. The van der Waals surface area contributed by atoms with Gasteiger partial charge in [-0.3, -0.25) is 5.10 Å². The minimum absolute atomic E-state index is 0.154. The van der Waals surface area contributed by atoms with Gasteiger partial charge in [-0.2, -0.15) is 5.10 Å². The molecule has 150 valence electrons. The van der Waals surface area contributed by atoms with Gasteiger partial charge in [0.2, 0.25) is 0 Å². The van der Waals surface area contributed by atoms with E-state index in [0.717, 1.165) is 11.8 Å². The summed E-state index contributed by atoms with van der Waals surface area (Å²) in [5.41, 5.74) is 6.18. The smallest absolute Gasteiger partial charge is 0.277 e. The van der Waals surface area contributed by atoms with Crippen LogP contribution in [-0.4, -0.2) is 42.3 Å². The first-order chi connectivity index (χ1) is 13.4. The molecule has 1 aromatic heterocycles. The first-order valence-corrected chi connectivity index (χ1v) is 9.47. The molecule has 0 amide bonds. The zero-order valence-corrected chi connectivity index (χ0v) is 15.4. The van der Waals surface area contributed by atoms with Crippen molar-refractivity contribution in [1.29, 1.82) is 0 Å². The van der Waals surface area contributed by atoms with Crippen molar-refractivity contribution in [3.8, 4) is 0 Å². The molecule has 1 aromatic carbocycles. The third-order valence-corrected chi connectivity index (χ3v) is 5.64. The Morgan fingerprint density at radius 1 is 1.25 bits per heavy atom. The fourth-order valence-electron chi connectivity index (χ4n) is 3.35. The summed E-state index contributed by atoms with van der Waals surface area (Å²) in [6.45, 7) is -0.230. The lowest BCUT2D eigenvalue weighted by Crippen LogP contribution is -2.39. The highest BCUT2D eigenvalue weighted by Gasteiger charge is 2.38. The monoisotopic (exact) mass is 414 g/mol.